The number of β-amino-alcohol motifs (C(OH)–C–C–N with tert-alkyl or cyclic N) is 1. The lowest BCUT2D eigenvalue weighted by Gasteiger charge is -2.33. The first-order valence-electron chi connectivity index (χ1n) is 9.18. The van der Waals surface area contributed by atoms with Gasteiger partial charge in [-0.05, 0) is 44.9 Å². The minimum Gasteiger partial charge on any atom is -0.390 e. The quantitative estimate of drug-likeness (QED) is 0.561. The van der Waals surface area contributed by atoms with Crippen molar-refractivity contribution in [1.82, 2.24) is 14.6 Å². The van der Waals surface area contributed by atoms with E-state index in [0.717, 1.165) is 6.42 Å². The van der Waals surface area contributed by atoms with Gasteiger partial charge in [-0.3, -0.25) is 9.59 Å². The van der Waals surface area contributed by atoms with Crippen LogP contribution in [0.25, 0.3) is 0 Å². The van der Waals surface area contributed by atoms with E-state index in [1.807, 2.05) is 0 Å². The van der Waals surface area contributed by atoms with Gasteiger partial charge < -0.3 is 16.2 Å². The Morgan fingerprint density at radius 3 is 2.82 bits per heavy atom. The molecular weight excluding hydrogens is 384 g/mol. The third-order valence-corrected chi connectivity index (χ3v) is 6.41. The summed E-state index contributed by atoms with van der Waals surface area (Å²) < 4.78 is 27.2. The molecule has 1 fully saturated rings. The highest BCUT2D eigenvalue weighted by molar-refractivity contribution is 7.89. The van der Waals surface area contributed by atoms with Gasteiger partial charge in [-0.1, -0.05) is 13.0 Å². The van der Waals surface area contributed by atoms with E-state index >= 15 is 0 Å². The Bertz CT molecular complexity index is 814. The second kappa shape index (κ2) is 9.44. The van der Waals surface area contributed by atoms with E-state index in [4.69, 9.17) is 5.73 Å². The van der Waals surface area contributed by atoms with E-state index in [2.05, 4.69) is 10.3 Å². The van der Waals surface area contributed by atoms with Crippen molar-refractivity contribution in [2.24, 2.45) is 11.7 Å². The Morgan fingerprint density at radius 2 is 2.18 bits per heavy atom. The summed E-state index contributed by atoms with van der Waals surface area (Å²) in [5.41, 5.74) is 5.71. The molecule has 0 aromatic carbocycles. The number of carbonyl (C=O) groups excluding carboxylic acids is 2. The van der Waals surface area contributed by atoms with E-state index in [9.17, 15) is 23.1 Å². The van der Waals surface area contributed by atoms with Gasteiger partial charge in [0.25, 0.3) is 10.0 Å². The first kappa shape index (κ1) is 22.3. The van der Waals surface area contributed by atoms with Crippen molar-refractivity contribution < 1.29 is 23.1 Å². The average molecular weight is 412 g/mol. The molecule has 4 N–H and O–H groups in total. The van der Waals surface area contributed by atoms with Gasteiger partial charge in [-0.2, -0.15) is 8.42 Å². The van der Waals surface area contributed by atoms with Crippen molar-refractivity contribution in [1.29, 1.82) is 0 Å². The van der Waals surface area contributed by atoms with Gasteiger partial charge >= 0.3 is 0 Å². The van der Waals surface area contributed by atoms with Gasteiger partial charge in [0.2, 0.25) is 11.8 Å². The van der Waals surface area contributed by atoms with E-state index in [-0.39, 0.29) is 18.0 Å². The van der Waals surface area contributed by atoms with Crippen LogP contribution in [-0.2, 0) is 19.6 Å². The van der Waals surface area contributed by atoms with Crippen molar-refractivity contribution in [2.75, 3.05) is 13.1 Å². The zero-order valence-electron chi connectivity index (χ0n) is 16.0. The van der Waals surface area contributed by atoms with E-state index < -0.39 is 39.9 Å². The molecule has 0 aliphatic carbocycles. The van der Waals surface area contributed by atoms with E-state index in [1.165, 1.54) is 6.07 Å². The number of sulfonamides is 1. The lowest BCUT2D eigenvalue weighted by Crippen LogP contribution is -2.51. The van der Waals surface area contributed by atoms with Crippen LogP contribution in [0.4, 0.5) is 0 Å². The van der Waals surface area contributed by atoms with Crippen molar-refractivity contribution in [3.63, 3.8) is 0 Å². The summed E-state index contributed by atoms with van der Waals surface area (Å²) in [6, 6.07) is 3.57. The zero-order chi connectivity index (χ0) is 20.9. The molecule has 3 atom stereocenters. The van der Waals surface area contributed by atoms with Crippen LogP contribution in [0.15, 0.2) is 23.2 Å². The molecule has 1 aromatic rings. The molecule has 1 aliphatic heterocycles. The number of carbonyl (C=O) groups is 2. The number of hydrogen-bond donors (Lipinski definition) is 3. The second-order valence-electron chi connectivity index (χ2n) is 6.98. The Kier molecular flexibility index (Phi) is 7.50. The number of pyridine rings is 1. The number of nitrogens with two attached hydrogens (primary N) is 1. The van der Waals surface area contributed by atoms with Crippen molar-refractivity contribution in [3.8, 4) is 0 Å². The molecule has 0 saturated carbocycles. The van der Waals surface area contributed by atoms with Crippen LogP contribution in [0.2, 0.25) is 0 Å². The number of aliphatic hydroxyl groups is 1. The number of amides is 2. The van der Waals surface area contributed by atoms with Crippen LogP contribution in [0.3, 0.4) is 0 Å². The van der Waals surface area contributed by atoms with Gasteiger partial charge in [0, 0.05) is 18.2 Å². The lowest BCUT2D eigenvalue weighted by atomic mass is 10.0. The monoisotopic (exact) mass is 411 g/mol. The van der Waals surface area contributed by atoms with Crippen molar-refractivity contribution >= 4 is 21.8 Å². The summed E-state index contributed by atoms with van der Waals surface area (Å²) in [5, 5.41) is 13.2. The standard InChI is InChI=1S/C18H27N4O5S/c1-12(18(19)25)8-9-17(24)22(14-6-4-10-20-11-15(14)23)28(26,27)16-7-3-5-13(2)21-16/h3,5,7,9,12,14-15,20,23H,4,6,8,10-11H2,1-2H3,(H2,19,25)/t12?,14?,15-/m0/s1. The van der Waals surface area contributed by atoms with Gasteiger partial charge in [0.05, 0.1) is 18.6 Å². The third-order valence-electron chi connectivity index (χ3n) is 4.69. The molecular formula is C18H27N4O5S. The molecule has 2 unspecified atom stereocenters. The fourth-order valence-electron chi connectivity index (χ4n) is 2.99. The molecule has 1 aliphatic rings. The molecule has 1 aromatic heterocycles. The van der Waals surface area contributed by atoms with Crippen molar-refractivity contribution in [3.05, 3.63) is 30.3 Å². The van der Waals surface area contributed by atoms with Crippen LogP contribution >= 0.6 is 0 Å². The van der Waals surface area contributed by atoms with E-state index in [1.54, 1.807) is 26.0 Å². The van der Waals surface area contributed by atoms with Crippen LogP contribution in [0.1, 0.15) is 31.9 Å². The first-order valence-corrected chi connectivity index (χ1v) is 10.6. The number of hydrogen-bond acceptors (Lipinski definition) is 7. The number of nitrogens with one attached hydrogen (secondary N) is 1. The van der Waals surface area contributed by atoms with E-state index in [0.29, 0.717) is 29.4 Å². The summed E-state index contributed by atoms with van der Waals surface area (Å²) in [6.45, 7) is 3.98. The molecule has 2 heterocycles. The minimum absolute atomic E-state index is 0.00248. The lowest BCUT2D eigenvalue weighted by molar-refractivity contribution is -0.126. The SMILES string of the molecule is Cc1cccc(S(=O)(=O)N(C(=O)[CH]CC(C)C(N)=O)C2CCCNC[C@@H]2O)n1. The Morgan fingerprint density at radius 1 is 1.46 bits per heavy atom. The largest absolute Gasteiger partial charge is 0.390 e. The molecule has 155 valence electrons. The highest BCUT2D eigenvalue weighted by atomic mass is 32.2. The first-order chi connectivity index (χ1) is 13.1. The van der Waals surface area contributed by atoms with Gasteiger partial charge in [-0.15, -0.1) is 0 Å². The molecule has 1 saturated heterocycles. The second-order valence-corrected chi connectivity index (χ2v) is 8.74. The summed E-state index contributed by atoms with van der Waals surface area (Å²) in [7, 11) is -4.30. The Hall–Kier alpha value is -2.04. The molecule has 1 radical (unpaired) electrons. The van der Waals surface area contributed by atoms with Crippen LogP contribution in [-0.4, -0.2) is 59.9 Å². The maximum Gasteiger partial charge on any atom is 0.284 e. The molecule has 28 heavy (non-hydrogen) atoms. The normalized spacial score (nSPS) is 21.5. The minimum atomic E-state index is -4.30. The number of nitrogens with zero attached hydrogens (tertiary/aromatic N) is 2. The summed E-state index contributed by atoms with van der Waals surface area (Å²) in [6.07, 6.45) is 0.980. The van der Waals surface area contributed by atoms with Gasteiger partial charge in [-0.25, -0.2) is 9.29 Å². The number of aliphatic hydroxyl groups excluding tert-OH is 1. The predicted octanol–water partition coefficient (Wildman–Crippen LogP) is -0.264. The number of rotatable bonds is 7. The van der Waals surface area contributed by atoms with Crippen LogP contribution in [0, 0.1) is 19.3 Å². The van der Waals surface area contributed by atoms with Crippen LogP contribution < -0.4 is 11.1 Å². The van der Waals surface area contributed by atoms with Gasteiger partial charge in [0.15, 0.2) is 5.03 Å². The number of aryl methyl sites for hydroxylation is 1. The topological polar surface area (TPSA) is 143 Å². The Labute approximate surface area is 165 Å². The molecule has 0 bridgehead atoms. The maximum absolute atomic E-state index is 13.3. The summed E-state index contributed by atoms with van der Waals surface area (Å²) in [5.74, 6) is -2.01. The predicted molar refractivity (Wildman–Crippen MR) is 102 cm³/mol. The number of primary amides is 1. The maximum atomic E-state index is 13.3. The molecule has 0 spiro atoms. The van der Waals surface area contributed by atoms with Crippen molar-refractivity contribution in [2.45, 2.75) is 50.3 Å². The molecule has 2 amide bonds. The third kappa shape index (κ3) is 5.27. The number of aromatic nitrogens is 1. The smallest absolute Gasteiger partial charge is 0.284 e. The van der Waals surface area contributed by atoms with Crippen LogP contribution in [0.5, 0.6) is 0 Å². The molecule has 10 heteroatoms. The van der Waals surface area contributed by atoms with Gasteiger partial charge in [0.1, 0.15) is 0 Å². The average Bonchev–Trinajstić information content (AvgIpc) is 2.84. The highest BCUT2D eigenvalue weighted by Crippen LogP contribution is 2.24. The molecule has 9 nitrogen and oxygen atoms in total. The fraction of sp³-hybridized carbons (Fsp3) is 0.556. The Balaban J connectivity index is 2.40. The highest BCUT2D eigenvalue weighted by Gasteiger charge is 2.40. The molecule has 2 rings (SSSR count). The zero-order valence-corrected chi connectivity index (χ0v) is 16.9. The summed E-state index contributed by atoms with van der Waals surface area (Å²) >= 11 is 0. The fourth-order valence-corrected chi connectivity index (χ4v) is 4.62. The summed E-state index contributed by atoms with van der Waals surface area (Å²) in [4.78, 5) is 28.2.